The molecular weight excluding hydrogens is 496 g/mol. The van der Waals surface area contributed by atoms with Gasteiger partial charge in [-0.25, -0.2) is 4.79 Å². The standard InChI is InChI=1S/C23H19Cl4NO4/c1-2-31-21-8-13(11-28-16-5-6-17(23(29)30)19(26)10-16)7-20(27)22(21)32-12-14-3-4-15(24)9-18(14)25/h3-10,28H,2,11-12H2,1H3,(H,29,30). The van der Waals surface area contributed by atoms with Crippen molar-refractivity contribution in [3.63, 3.8) is 0 Å². The van der Waals surface area contributed by atoms with E-state index in [9.17, 15) is 4.79 Å². The molecule has 9 heteroatoms. The Morgan fingerprint density at radius 3 is 2.38 bits per heavy atom. The van der Waals surface area contributed by atoms with Crippen molar-refractivity contribution in [1.82, 2.24) is 0 Å². The highest BCUT2D eigenvalue weighted by atomic mass is 35.5. The van der Waals surface area contributed by atoms with Crippen molar-refractivity contribution in [1.29, 1.82) is 0 Å². The van der Waals surface area contributed by atoms with Gasteiger partial charge in [0.05, 0.1) is 22.2 Å². The molecule has 0 unspecified atom stereocenters. The number of hydrogen-bond donors (Lipinski definition) is 2. The molecule has 0 aliphatic heterocycles. The van der Waals surface area contributed by atoms with Crippen molar-refractivity contribution >= 4 is 58.1 Å². The van der Waals surface area contributed by atoms with Crippen LogP contribution in [0.3, 0.4) is 0 Å². The van der Waals surface area contributed by atoms with Gasteiger partial charge >= 0.3 is 5.97 Å². The van der Waals surface area contributed by atoms with Gasteiger partial charge in [0.25, 0.3) is 0 Å². The molecule has 168 valence electrons. The van der Waals surface area contributed by atoms with Gasteiger partial charge in [-0.3, -0.25) is 0 Å². The summed E-state index contributed by atoms with van der Waals surface area (Å²) in [5.41, 5.74) is 2.32. The van der Waals surface area contributed by atoms with E-state index in [0.29, 0.717) is 45.4 Å². The fourth-order valence-corrected chi connectivity index (χ4v) is 3.93. The topological polar surface area (TPSA) is 67.8 Å². The first-order valence-electron chi connectivity index (χ1n) is 9.57. The van der Waals surface area contributed by atoms with Crippen LogP contribution in [0.4, 0.5) is 5.69 Å². The summed E-state index contributed by atoms with van der Waals surface area (Å²) in [6.07, 6.45) is 0. The van der Waals surface area contributed by atoms with Gasteiger partial charge in [-0.2, -0.15) is 0 Å². The number of ether oxygens (including phenoxy) is 2. The molecule has 0 spiro atoms. The smallest absolute Gasteiger partial charge is 0.337 e. The second kappa shape index (κ2) is 11.0. The lowest BCUT2D eigenvalue weighted by atomic mass is 10.1. The lowest BCUT2D eigenvalue weighted by Gasteiger charge is -2.16. The molecule has 3 aromatic carbocycles. The van der Waals surface area contributed by atoms with E-state index in [2.05, 4.69) is 5.32 Å². The quantitative estimate of drug-likeness (QED) is 0.308. The van der Waals surface area contributed by atoms with Crippen LogP contribution in [0, 0.1) is 0 Å². The number of carboxylic acids is 1. The predicted molar refractivity (Wildman–Crippen MR) is 129 cm³/mol. The highest BCUT2D eigenvalue weighted by Crippen LogP contribution is 2.38. The number of anilines is 1. The summed E-state index contributed by atoms with van der Waals surface area (Å²) in [5.74, 6) is -0.163. The van der Waals surface area contributed by atoms with Crippen LogP contribution < -0.4 is 14.8 Å². The summed E-state index contributed by atoms with van der Waals surface area (Å²) >= 11 is 24.7. The Labute approximate surface area is 205 Å². The molecule has 0 saturated carbocycles. The van der Waals surface area contributed by atoms with Crippen LogP contribution in [0.5, 0.6) is 11.5 Å². The molecule has 0 fully saturated rings. The molecule has 0 radical (unpaired) electrons. The number of carbonyl (C=O) groups is 1. The predicted octanol–water partition coefficient (Wildman–Crippen LogP) is 7.59. The van der Waals surface area contributed by atoms with Crippen LogP contribution in [-0.4, -0.2) is 17.7 Å². The Morgan fingerprint density at radius 1 is 0.938 bits per heavy atom. The van der Waals surface area contributed by atoms with Gasteiger partial charge in [0.15, 0.2) is 11.5 Å². The molecule has 0 aliphatic carbocycles. The largest absolute Gasteiger partial charge is 0.490 e. The van der Waals surface area contributed by atoms with E-state index in [-0.39, 0.29) is 17.2 Å². The maximum Gasteiger partial charge on any atom is 0.337 e. The van der Waals surface area contributed by atoms with Gasteiger partial charge in [-0.15, -0.1) is 0 Å². The second-order valence-electron chi connectivity index (χ2n) is 6.72. The van der Waals surface area contributed by atoms with Gasteiger partial charge in [-0.05, 0) is 55.0 Å². The minimum absolute atomic E-state index is 0.0428. The third-order valence-electron chi connectivity index (χ3n) is 4.45. The summed E-state index contributed by atoms with van der Waals surface area (Å²) in [7, 11) is 0. The molecule has 32 heavy (non-hydrogen) atoms. The van der Waals surface area contributed by atoms with Crippen LogP contribution in [0.2, 0.25) is 20.1 Å². The molecule has 0 aromatic heterocycles. The van der Waals surface area contributed by atoms with E-state index >= 15 is 0 Å². The van der Waals surface area contributed by atoms with Crippen molar-refractivity contribution in [3.05, 3.63) is 85.3 Å². The van der Waals surface area contributed by atoms with E-state index in [4.69, 9.17) is 61.0 Å². The molecule has 0 amide bonds. The van der Waals surface area contributed by atoms with Gasteiger partial charge in [0, 0.05) is 27.8 Å². The molecule has 0 aliphatic rings. The van der Waals surface area contributed by atoms with E-state index in [1.807, 2.05) is 13.0 Å². The molecule has 0 atom stereocenters. The van der Waals surface area contributed by atoms with E-state index in [0.717, 1.165) is 11.1 Å². The Balaban J connectivity index is 1.76. The zero-order chi connectivity index (χ0) is 23.3. The first-order valence-corrected chi connectivity index (χ1v) is 11.1. The van der Waals surface area contributed by atoms with E-state index < -0.39 is 5.97 Å². The maximum absolute atomic E-state index is 11.1. The number of carboxylic acid groups (broad SMARTS) is 1. The molecule has 2 N–H and O–H groups in total. The molecular formula is C23H19Cl4NO4. The summed E-state index contributed by atoms with van der Waals surface area (Å²) in [4.78, 5) is 11.1. The average Bonchev–Trinajstić information content (AvgIpc) is 2.73. The van der Waals surface area contributed by atoms with Crippen LogP contribution in [0.1, 0.15) is 28.4 Å². The monoisotopic (exact) mass is 513 g/mol. The molecule has 0 bridgehead atoms. The Morgan fingerprint density at radius 2 is 1.72 bits per heavy atom. The Hall–Kier alpha value is -2.31. The summed E-state index contributed by atoms with van der Waals surface area (Å²) in [5, 5.41) is 13.9. The maximum atomic E-state index is 11.1. The van der Waals surface area contributed by atoms with Crippen molar-refractivity contribution in [2.45, 2.75) is 20.1 Å². The van der Waals surface area contributed by atoms with Crippen LogP contribution >= 0.6 is 46.4 Å². The van der Waals surface area contributed by atoms with Crippen LogP contribution in [0.25, 0.3) is 0 Å². The van der Waals surface area contributed by atoms with Gasteiger partial charge < -0.3 is 19.9 Å². The summed E-state index contributed by atoms with van der Waals surface area (Å²) in [6, 6.07) is 13.4. The lowest BCUT2D eigenvalue weighted by molar-refractivity contribution is 0.0697. The Kier molecular flexibility index (Phi) is 8.38. The average molecular weight is 515 g/mol. The molecule has 3 rings (SSSR count). The van der Waals surface area contributed by atoms with Crippen LogP contribution in [-0.2, 0) is 13.2 Å². The van der Waals surface area contributed by atoms with Crippen LogP contribution in [0.15, 0.2) is 48.5 Å². The SMILES string of the molecule is CCOc1cc(CNc2ccc(C(=O)O)c(Cl)c2)cc(Cl)c1OCc1ccc(Cl)cc1Cl. The minimum atomic E-state index is -1.08. The minimum Gasteiger partial charge on any atom is -0.490 e. The Bertz CT molecular complexity index is 1140. The third-order valence-corrected chi connectivity index (χ3v) is 5.63. The van der Waals surface area contributed by atoms with Crippen molar-refractivity contribution < 1.29 is 19.4 Å². The van der Waals surface area contributed by atoms with E-state index in [1.165, 1.54) is 6.07 Å². The first kappa shape index (κ1) is 24.3. The van der Waals surface area contributed by atoms with Crippen molar-refractivity contribution in [2.75, 3.05) is 11.9 Å². The number of rotatable bonds is 9. The van der Waals surface area contributed by atoms with Crippen molar-refractivity contribution in [3.8, 4) is 11.5 Å². The van der Waals surface area contributed by atoms with E-state index in [1.54, 1.807) is 36.4 Å². The van der Waals surface area contributed by atoms with Crippen molar-refractivity contribution in [2.24, 2.45) is 0 Å². The summed E-state index contributed by atoms with van der Waals surface area (Å²) in [6.45, 7) is 2.90. The number of halogens is 4. The highest BCUT2D eigenvalue weighted by molar-refractivity contribution is 6.35. The highest BCUT2D eigenvalue weighted by Gasteiger charge is 2.15. The molecule has 0 saturated heterocycles. The molecule has 0 heterocycles. The summed E-state index contributed by atoms with van der Waals surface area (Å²) < 4.78 is 11.7. The molecule has 3 aromatic rings. The number of hydrogen-bond acceptors (Lipinski definition) is 4. The number of nitrogens with one attached hydrogen (secondary N) is 1. The number of benzene rings is 3. The van der Waals surface area contributed by atoms with Gasteiger partial charge in [0.1, 0.15) is 6.61 Å². The number of aromatic carboxylic acids is 1. The third kappa shape index (κ3) is 6.14. The lowest BCUT2D eigenvalue weighted by Crippen LogP contribution is -2.05. The van der Waals surface area contributed by atoms with Gasteiger partial charge in [0.2, 0.25) is 0 Å². The second-order valence-corrected chi connectivity index (χ2v) is 8.37. The van der Waals surface area contributed by atoms with Gasteiger partial charge in [-0.1, -0.05) is 52.5 Å². The normalized spacial score (nSPS) is 10.7. The first-order chi connectivity index (χ1) is 15.3. The molecule has 5 nitrogen and oxygen atoms in total. The fraction of sp³-hybridized carbons (Fsp3) is 0.174. The fourth-order valence-electron chi connectivity index (χ4n) is 2.92. The zero-order valence-electron chi connectivity index (χ0n) is 16.9. The zero-order valence-corrected chi connectivity index (χ0v) is 19.9.